The van der Waals surface area contributed by atoms with Crippen molar-refractivity contribution in [3.05, 3.63) is 70.3 Å². The second kappa shape index (κ2) is 11.2. The summed E-state index contributed by atoms with van der Waals surface area (Å²) in [6.07, 6.45) is 2.56. The van der Waals surface area contributed by atoms with Crippen LogP contribution < -0.4 is 4.74 Å². The molecule has 2 aromatic rings. The minimum Gasteiger partial charge on any atom is -0.507 e. The van der Waals surface area contributed by atoms with Crippen LogP contribution in [0.5, 0.6) is 5.75 Å². The molecule has 1 aliphatic rings. The largest absolute Gasteiger partial charge is 0.507 e. The number of carbonyl (C=O) groups excluding carboxylic acids is 2. The molecule has 0 radical (unpaired) electrons. The fraction of sp³-hybridized carbons (Fsp3) is 0.360. The van der Waals surface area contributed by atoms with Crippen LogP contribution in [0.25, 0.3) is 5.76 Å². The third-order valence-electron chi connectivity index (χ3n) is 5.37. The van der Waals surface area contributed by atoms with E-state index in [0.717, 1.165) is 12.8 Å². The van der Waals surface area contributed by atoms with Gasteiger partial charge in [-0.15, -0.1) is 0 Å². The van der Waals surface area contributed by atoms with Crippen molar-refractivity contribution in [2.75, 3.05) is 26.9 Å². The van der Waals surface area contributed by atoms with Crippen LogP contribution in [0.4, 0.5) is 0 Å². The lowest BCUT2D eigenvalue weighted by Crippen LogP contribution is -2.31. The molecule has 0 aromatic heterocycles. The summed E-state index contributed by atoms with van der Waals surface area (Å²) in [6, 6.07) is 13.1. The average molecular weight is 458 g/mol. The van der Waals surface area contributed by atoms with Gasteiger partial charge in [0.25, 0.3) is 11.7 Å². The highest BCUT2D eigenvalue weighted by Crippen LogP contribution is 2.39. The summed E-state index contributed by atoms with van der Waals surface area (Å²) in [6.45, 7) is 3.49. The number of carbonyl (C=O) groups is 2. The third kappa shape index (κ3) is 5.31. The summed E-state index contributed by atoms with van der Waals surface area (Å²) in [7, 11) is 1.58. The monoisotopic (exact) mass is 457 g/mol. The molecule has 170 valence electrons. The molecule has 7 heteroatoms. The number of likely N-dealkylation sites (tertiary alicyclic amines) is 1. The Labute approximate surface area is 193 Å². The Kier molecular flexibility index (Phi) is 8.31. The highest BCUT2D eigenvalue weighted by Gasteiger charge is 2.45. The number of unbranched alkanes of at least 4 members (excludes halogenated alkanes) is 1. The van der Waals surface area contributed by atoms with E-state index in [9.17, 15) is 14.7 Å². The summed E-state index contributed by atoms with van der Waals surface area (Å²) in [5.41, 5.74) is 1.21. The van der Waals surface area contributed by atoms with E-state index in [4.69, 9.17) is 21.1 Å². The van der Waals surface area contributed by atoms with E-state index in [0.29, 0.717) is 48.1 Å². The highest BCUT2D eigenvalue weighted by atomic mass is 35.5. The first-order valence-electron chi connectivity index (χ1n) is 10.7. The zero-order chi connectivity index (χ0) is 23.1. The van der Waals surface area contributed by atoms with Crippen molar-refractivity contribution in [2.24, 2.45) is 0 Å². The van der Waals surface area contributed by atoms with E-state index in [1.165, 1.54) is 4.90 Å². The molecule has 1 fully saturated rings. The Morgan fingerprint density at radius 3 is 2.34 bits per heavy atom. The van der Waals surface area contributed by atoms with Gasteiger partial charge in [0, 0.05) is 30.8 Å². The minimum absolute atomic E-state index is 0.0643. The lowest BCUT2D eigenvalue weighted by molar-refractivity contribution is -0.140. The molecule has 1 N–H and O–H groups in total. The number of halogens is 1. The minimum atomic E-state index is -0.705. The van der Waals surface area contributed by atoms with Gasteiger partial charge in [-0.05, 0) is 54.8 Å². The number of benzene rings is 2. The molecule has 6 nitrogen and oxygen atoms in total. The van der Waals surface area contributed by atoms with E-state index in [1.807, 2.05) is 0 Å². The van der Waals surface area contributed by atoms with Crippen LogP contribution >= 0.6 is 11.6 Å². The SMILES string of the molecule is CCCCOc1ccc(/C(O)=C2\C(=O)C(=O)N(CCCOC)C2c2ccc(Cl)cc2)cc1. The van der Waals surface area contributed by atoms with Crippen molar-refractivity contribution in [3.63, 3.8) is 0 Å². The van der Waals surface area contributed by atoms with Crippen molar-refractivity contribution in [2.45, 2.75) is 32.2 Å². The average Bonchev–Trinajstić information content (AvgIpc) is 3.05. The molecule has 0 spiro atoms. The lowest BCUT2D eigenvalue weighted by Gasteiger charge is -2.25. The molecular formula is C25H28ClNO5. The summed E-state index contributed by atoms with van der Waals surface area (Å²) in [4.78, 5) is 27.3. The maximum Gasteiger partial charge on any atom is 0.295 e. The van der Waals surface area contributed by atoms with Gasteiger partial charge in [-0.25, -0.2) is 0 Å². The first-order chi connectivity index (χ1) is 15.5. The Morgan fingerprint density at radius 1 is 1.03 bits per heavy atom. The Bertz CT molecular complexity index is 969. The summed E-state index contributed by atoms with van der Waals surface area (Å²) < 4.78 is 10.8. The normalized spacial score (nSPS) is 17.7. The quantitative estimate of drug-likeness (QED) is 0.236. The molecule has 0 aliphatic carbocycles. The van der Waals surface area contributed by atoms with Crippen LogP contribution in [0.1, 0.15) is 43.4 Å². The number of ketones is 1. The number of hydrogen-bond donors (Lipinski definition) is 1. The zero-order valence-corrected chi connectivity index (χ0v) is 19.1. The predicted molar refractivity (Wildman–Crippen MR) is 124 cm³/mol. The van der Waals surface area contributed by atoms with Gasteiger partial charge in [-0.2, -0.15) is 0 Å². The van der Waals surface area contributed by atoms with E-state index < -0.39 is 17.7 Å². The standard InChI is InChI=1S/C25H28ClNO5/c1-3-4-16-32-20-12-8-18(9-13-20)23(28)21-22(17-6-10-19(26)11-7-17)27(14-5-15-31-2)25(30)24(21)29/h6-13,22,28H,3-5,14-16H2,1-2H3/b23-21+. The maximum atomic E-state index is 13.0. The highest BCUT2D eigenvalue weighted by molar-refractivity contribution is 6.46. The van der Waals surface area contributed by atoms with Crippen LogP contribution in [0.3, 0.4) is 0 Å². The molecule has 1 unspecified atom stereocenters. The number of Topliss-reactive ketones (excluding diaryl/α,β-unsaturated/α-hetero) is 1. The molecule has 1 atom stereocenters. The Morgan fingerprint density at radius 2 is 1.72 bits per heavy atom. The van der Waals surface area contributed by atoms with Crippen LogP contribution in [0.15, 0.2) is 54.1 Å². The first kappa shape index (κ1) is 23.8. The molecule has 0 saturated carbocycles. The topological polar surface area (TPSA) is 76.1 Å². The van der Waals surface area contributed by atoms with Crippen molar-refractivity contribution in [3.8, 4) is 5.75 Å². The first-order valence-corrected chi connectivity index (χ1v) is 11.1. The number of nitrogens with zero attached hydrogens (tertiary/aromatic N) is 1. The van der Waals surface area contributed by atoms with Crippen molar-refractivity contribution < 1.29 is 24.2 Å². The number of rotatable bonds is 10. The van der Waals surface area contributed by atoms with Crippen LogP contribution in [0.2, 0.25) is 5.02 Å². The molecule has 0 bridgehead atoms. The third-order valence-corrected chi connectivity index (χ3v) is 5.62. The molecule has 32 heavy (non-hydrogen) atoms. The Hall–Kier alpha value is -2.83. The maximum absolute atomic E-state index is 13.0. The van der Waals surface area contributed by atoms with Crippen molar-refractivity contribution >= 4 is 29.1 Å². The van der Waals surface area contributed by atoms with Gasteiger partial charge in [0.15, 0.2) is 0 Å². The van der Waals surface area contributed by atoms with E-state index >= 15 is 0 Å². The van der Waals surface area contributed by atoms with Gasteiger partial charge in [0.05, 0.1) is 18.2 Å². The van der Waals surface area contributed by atoms with Gasteiger partial charge in [0.2, 0.25) is 0 Å². The van der Waals surface area contributed by atoms with Crippen molar-refractivity contribution in [1.82, 2.24) is 4.90 Å². The number of hydrogen-bond acceptors (Lipinski definition) is 5. The second-order valence-electron chi connectivity index (χ2n) is 7.62. The number of ether oxygens (including phenoxy) is 2. The molecule has 1 heterocycles. The lowest BCUT2D eigenvalue weighted by atomic mass is 9.95. The zero-order valence-electron chi connectivity index (χ0n) is 18.3. The van der Waals surface area contributed by atoms with Gasteiger partial charge in [0.1, 0.15) is 11.5 Å². The number of aliphatic hydroxyl groups is 1. The van der Waals surface area contributed by atoms with E-state index in [1.54, 1.807) is 55.6 Å². The number of methoxy groups -OCH3 is 1. The summed E-state index contributed by atoms with van der Waals surface area (Å²) in [5.74, 6) is -0.868. The van der Waals surface area contributed by atoms with E-state index in [2.05, 4.69) is 6.92 Å². The van der Waals surface area contributed by atoms with Gasteiger partial charge < -0.3 is 19.5 Å². The van der Waals surface area contributed by atoms with E-state index in [-0.39, 0.29) is 11.3 Å². The Balaban J connectivity index is 1.98. The fourth-order valence-electron chi connectivity index (χ4n) is 3.68. The summed E-state index contributed by atoms with van der Waals surface area (Å²) in [5, 5.41) is 11.6. The van der Waals surface area contributed by atoms with Gasteiger partial charge in [-0.1, -0.05) is 37.1 Å². The van der Waals surface area contributed by atoms with Crippen molar-refractivity contribution in [1.29, 1.82) is 0 Å². The van der Waals surface area contributed by atoms with Gasteiger partial charge in [-0.3, -0.25) is 9.59 Å². The van der Waals surface area contributed by atoms with Crippen LogP contribution in [-0.2, 0) is 14.3 Å². The molecule has 1 aliphatic heterocycles. The van der Waals surface area contributed by atoms with Crippen LogP contribution in [0, 0.1) is 0 Å². The fourth-order valence-corrected chi connectivity index (χ4v) is 3.81. The smallest absolute Gasteiger partial charge is 0.295 e. The van der Waals surface area contributed by atoms with Gasteiger partial charge >= 0.3 is 0 Å². The molecule has 1 saturated heterocycles. The summed E-state index contributed by atoms with van der Waals surface area (Å²) >= 11 is 6.03. The second-order valence-corrected chi connectivity index (χ2v) is 8.05. The number of aliphatic hydroxyl groups excluding tert-OH is 1. The number of amides is 1. The van der Waals surface area contributed by atoms with Crippen LogP contribution in [-0.4, -0.2) is 48.6 Å². The predicted octanol–water partition coefficient (Wildman–Crippen LogP) is 4.98. The molecule has 1 amide bonds. The molecule has 3 rings (SSSR count). The molecular weight excluding hydrogens is 430 g/mol. The molecule has 2 aromatic carbocycles.